The van der Waals surface area contributed by atoms with E-state index in [2.05, 4.69) is 10.3 Å². The zero-order valence-corrected chi connectivity index (χ0v) is 10.2. The number of anilines is 1. The van der Waals surface area contributed by atoms with Gasteiger partial charge >= 0.3 is 0 Å². The van der Waals surface area contributed by atoms with Crippen molar-refractivity contribution >= 4 is 17.7 Å². The van der Waals surface area contributed by atoms with E-state index in [-0.39, 0.29) is 17.7 Å². The van der Waals surface area contributed by atoms with Crippen LogP contribution in [0, 0.1) is 23.7 Å². The summed E-state index contributed by atoms with van der Waals surface area (Å²) in [6, 6.07) is 5.19. The van der Waals surface area contributed by atoms with Gasteiger partial charge in [-0.3, -0.25) is 4.79 Å². The number of pyridine rings is 1. The Morgan fingerprint density at radius 2 is 1.95 bits per heavy atom. The van der Waals surface area contributed by atoms with E-state index in [1.807, 2.05) is 12.2 Å². The molecule has 98 valence electrons. The van der Waals surface area contributed by atoms with Gasteiger partial charge in [0.25, 0.3) is 0 Å². The molecule has 0 unspecified atom stereocenters. The van der Waals surface area contributed by atoms with Crippen molar-refractivity contribution in [3.8, 4) is 0 Å². The fraction of sp³-hybridized carbons (Fsp3) is 0.357. The van der Waals surface area contributed by atoms with Gasteiger partial charge in [-0.25, -0.2) is 4.98 Å². The molecule has 1 aromatic heterocycles. The summed E-state index contributed by atoms with van der Waals surface area (Å²) in [7, 11) is 0. The van der Waals surface area contributed by atoms with E-state index >= 15 is 0 Å². The van der Waals surface area contributed by atoms with Gasteiger partial charge < -0.3 is 15.2 Å². The Morgan fingerprint density at radius 3 is 2.58 bits per heavy atom. The summed E-state index contributed by atoms with van der Waals surface area (Å²) in [6.45, 7) is 0. The molecule has 0 spiro atoms. The first-order valence-electron chi connectivity index (χ1n) is 6.28. The summed E-state index contributed by atoms with van der Waals surface area (Å²) >= 11 is 0. The van der Waals surface area contributed by atoms with Crippen LogP contribution in [-0.2, 0) is 9.59 Å². The lowest BCUT2D eigenvalue weighted by molar-refractivity contribution is -0.313. The number of hydrogen-bond acceptors (Lipinski definition) is 4. The van der Waals surface area contributed by atoms with Crippen molar-refractivity contribution in [3.05, 3.63) is 36.5 Å². The maximum atomic E-state index is 12.2. The van der Waals surface area contributed by atoms with Crippen molar-refractivity contribution < 1.29 is 14.7 Å². The monoisotopic (exact) mass is 257 g/mol. The molecule has 3 rings (SSSR count). The third kappa shape index (κ3) is 2.01. The van der Waals surface area contributed by atoms with Crippen molar-refractivity contribution in [2.45, 2.75) is 6.42 Å². The normalized spacial score (nSPS) is 31.4. The number of carboxylic acids is 1. The Morgan fingerprint density at radius 1 is 1.21 bits per heavy atom. The van der Waals surface area contributed by atoms with E-state index in [9.17, 15) is 14.7 Å². The maximum absolute atomic E-state index is 12.2. The van der Waals surface area contributed by atoms with Crippen LogP contribution in [0.4, 0.5) is 5.82 Å². The molecule has 1 N–H and O–H groups in total. The van der Waals surface area contributed by atoms with Gasteiger partial charge in [0.15, 0.2) is 0 Å². The number of fused-ring (bicyclic) bond motifs is 2. The minimum atomic E-state index is -1.14. The average molecular weight is 257 g/mol. The first-order valence-corrected chi connectivity index (χ1v) is 6.28. The maximum Gasteiger partial charge on any atom is 0.229 e. The number of nitrogens with one attached hydrogen (secondary N) is 1. The zero-order chi connectivity index (χ0) is 13.4. The van der Waals surface area contributed by atoms with Gasteiger partial charge in [-0.2, -0.15) is 0 Å². The molecule has 2 aliphatic carbocycles. The lowest BCUT2D eigenvalue weighted by Crippen LogP contribution is -2.42. The van der Waals surface area contributed by atoms with E-state index in [1.54, 1.807) is 24.4 Å². The van der Waals surface area contributed by atoms with E-state index in [4.69, 9.17) is 0 Å². The van der Waals surface area contributed by atoms with Crippen molar-refractivity contribution in [2.75, 3.05) is 5.32 Å². The van der Waals surface area contributed by atoms with Crippen molar-refractivity contribution in [2.24, 2.45) is 23.7 Å². The lowest BCUT2D eigenvalue weighted by atomic mass is 9.82. The number of nitrogens with zero attached hydrogens (tertiary/aromatic N) is 1. The summed E-state index contributed by atoms with van der Waals surface area (Å²) in [5.41, 5.74) is 0. The van der Waals surface area contributed by atoms with Gasteiger partial charge in [0.05, 0.1) is 5.92 Å². The van der Waals surface area contributed by atoms with Crippen LogP contribution in [0.5, 0.6) is 0 Å². The average Bonchev–Trinajstić information content (AvgIpc) is 2.99. The van der Waals surface area contributed by atoms with Crippen LogP contribution < -0.4 is 10.4 Å². The highest BCUT2D eigenvalue weighted by molar-refractivity contribution is 5.95. The fourth-order valence-corrected chi connectivity index (χ4v) is 3.15. The standard InChI is InChI=1S/C14H14N2O3/c17-13(16-10-3-1-2-6-15-10)11-8-4-5-9(7-8)12(11)14(18)19/h1-6,8-9,11-12H,7H2,(H,18,19)(H,15,16,17)/p-1/t8-,9+,11+,12-/m0/s1. The van der Waals surface area contributed by atoms with Gasteiger partial charge in [0.1, 0.15) is 5.82 Å². The molecule has 5 heteroatoms. The Balaban J connectivity index is 1.79. The second kappa shape index (κ2) is 4.50. The molecule has 1 saturated carbocycles. The van der Waals surface area contributed by atoms with E-state index in [1.165, 1.54) is 0 Å². The number of amides is 1. The van der Waals surface area contributed by atoms with Crippen LogP contribution in [0.3, 0.4) is 0 Å². The molecule has 0 radical (unpaired) electrons. The second-order valence-corrected chi connectivity index (χ2v) is 5.02. The molecule has 1 fully saturated rings. The van der Waals surface area contributed by atoms with Crippen molar-refractivity contribution in [3.63, 3.8) is 0 Å². The highest BCUT2D eigenvalue weighted by atomic mass is 16.4. The molecule has 1 aromatic rings. The number of carbonyl (C=O) groups excluding carboxylic acids is 2. The van der Waals surface area contributed by atoms with Gasteiger partial charge in [0.2, 0.25) is 5.91 Å². The SMILES string of the molecule is O=C([O-])[C@@H]1[C@H](C(=O)Nc2ccccn2)[C@H]2C=C[C@@H]1C2. The molecule has 5 nitrogen and oxygen atoms in total. The largest absolute Gasteiger partial charge is 0.550 e. The summed E-state index contributed by atoms with van der Waals surface area (Å²) < 4.78 is 0. The number of allylic oxidation sites excluding steroid dienone is 2. The smallest absolute Gasteiger partial charge is 0.229 e. The Kier molecular flexibility index (Phi) is 2.81. The Labute approximate surface area is 110 Å². The van der Waals surface area contributed by atoms with Crippen molar-refractivity contribution in [1.29, 1.82) is 0 Å². The number of aromatic nitrogens is 1. The van der Waals surface area contributed by atoms with E-state index in [0.717, 1.165) is 6.42 Å². The molecular weight excluding hydrogens is 244 g/mol. The molecule has 1 amide bonds. The third-order valence-corrected chi connectivity index (χ3v) is 3.95. The summed E-state index contributed by atoms with van der Waals surface area (Å²) in [5.74, 6) is -2.34. The molecule has 2 bridgehead atoms. The summed E-state index contributed by atoms with van der Waals surface area (Å²) in [5, 5.41) is 13.9. The van der Waals surface area contributed by atoms with Gasteiger partial charge in [-0.1, -0.05) is 18.2 Å². The topological polar surface area (TPSA) is 82.1 Å². The molecule has 0 saturated heterocycles. The molecule has 19 heavy (non-hydrogen) atoms. The van der Waals surface area contributed by atoms with Crippen LogP contribution in [0.2, 0.25) is 0 Å². The molecular formula is C14H13N2O3-. The summed E-state index contributed by atoms with van der Waals surface area (Å²) in [6.07, 6.45) is 6.12. The van der Waals surface area contributed by atoms with Crippen molar-refractivity contribution in [1.82, 2.24) is 4.98 Å². The first-order chi connectivity index (χ1) is 9.16. The molecule has 1 heterocycles. The first kappa shape index (κ1) is 11.9. The second-order valence-electron chi connectivity index (χ2n) is 5.02. The van der Waals surface area contributed by atoms with Crippen LogP contribution in [0.15, 0.2) is 36.5 Å². The van der Waals surface area contributed by atoms with Crippen LogP contribution >= 0.6 is 0 Å². The number of rotatable bonds is 3. The predicted octanol–water partition coefficient (Wildman–Crippen LogP) is 0.208. The minimum absolute atomic E-state index is 0.00314. The minimum Gasteiger partial charge on any atom is -0.550 e. The van der Waals surface area contributed by atoms with Crippen LogP contribution in [-0.4, -0.2) is 16.9 Å². The Hall–Kier alpha value is -2.17. The zero-order valence-electron chi connectivity index (χ0n) is 10.2. The molecule has 0 aromatic carbocycles. The van der Waals surface area contributed by atoms with Crippen LogP contribution in [0.25, 0.3) is 0 Å². The highest BCUT2D eigenvalue weighted by Crippen LogP contribution is 2.48. The number of aliphatic carboxylic acids is 1. The van der Waals surface area contributed by atoms with Crippen LogP contribution in [0.1, 0.15) is 6.42 Å². The third-order valence-electron chi connectivity index (χ3n) is 3.95. The molecule has 2 aliphatic rings. The number of carboxylic acid groups (broad SMARTS) is 1. The number of carbonyl (C=O) groups is 2. The van der Waals surface area contributed by atoms with E-state index < -0.39 is 17.8 Å². The quantitative estimate of drug-likeness (QED) is 0.785. The summed E-state index contributed by atoms with van der Waals surface area (Å²) in [4.78, 5) is 27.5. The lowest BCUT2D eigenvalue weighted by Gasteiger charge is -2.27. The predicted molar refractivity (Wildman–Crippen MR) is 65.6 cm³/mol. The molecule has 4 atom stereocenters. The van der Waals surface area contributed by atoms with E-state index in [0.29, 0.717) is 5.82 Å². The highest BCUT2D eigenvalue weighted by Gasteiger charge is 2.48. The molecule has 0 aliphatic heterocycles. The van der Waals surface area contributed by atoms with Gasteiger partial charge in [-0.05, 0) is 30.4 Å². The fourth-order valence-electron chi connectivity index (χ4n) is 3.15. The number of hydrogen-bond donors (Lipinski definition) is 1. The van der Waals surface area contributed by atoms with Gasteiger partial charge in [0, 0.05) is 18.1 Å². The van der Waals surface area contributed by atoms with Gasteiger partial charge in [-0.15, -0.1) is 0 Å². The Bertz CT molecular complexity index is 541.